The van der Waals surface area contributed by atoms with Crippen molar-refractivity contribution in [1.82, 2.24) is 10.1 Å². The molecule has 2 unspecified atom stereocenters. The van der Waals surface area contributed by atoms with Gasteiger partial charge in [-0.25, -0.2) is 0 Å². The van der Waals surface area contributed by atoms with Crippen LogP contribution in [0, 0.1) is 5.92 Å². The summed E-state index contributed by atoms with van der Waals surface area (Å²) in [5, 5.41) is 4.09. The number of aromatic nitrogens is 2. The lowest BCUT2D eigenvalue weighted by Crippen LogP contribution is -2.41. The summed E-state index contributed by atoms with van der Waals surface area (Å²) in [7, 11) is 0. The quantitative estimate of drug-likeness (QED) is 0.932. The van der Waals surface area contributed by atoms with E-state index in [1.807, 2.05) is 18.2 Å². The lowest BCUT2D eigenvalue weighted by atomic mass is 9.77. The topological polar surface area (TPSA) is 64.9 Å². The van der Waals surface area contributed by atoms with Crippen LogP contribution in [0.3, 0.4) is 0 Å². The predicted molar refractivity (Wildman–Crippen MR) is 77.0 cm³/mol. The monoisotopic (exact) mass is 271 g/mol. The molecule has 1 heterocycles. The van der Waals surface area contributed by atoms with E-state index >= 15 is 0 Å². The average molecular weight is 271 g/mol. The normalized spacial score (nSPS) is 26.6. The van der Waals surface area contributed by atoms with Crippen molar-refractivity contribution in [3.8, 4) is 0 Å². The van der Waals surface area contributed by atoms with Crippen LogP contribution in [0.4, 0.5) is 0 Å². The Kier molecular flexibility index (Phi) is 3.57. The van der Waals surface area contributed by atoms with Crippen LogP contribution in [0.1, 0.15) is 49.9 Å². The molecule has 1 saturated carbocycles. The molecule has 0 amide bonds. The minimum atomic E-state index is -0.431. The molecule has 3 rings (SSSR count). The van der Waals surface area contributed by atoms with Crippen LogP contribution in [0.25, 0.3) is 0 Å². The van der Waals surface area contributed by atoms with Gasteiger partial charge in [-0.15, -0.1) is 0 Å². The van der Waals surface area contributed by atoms with Crippen LogP contribution in [0.2, 0.25) is 0 Å². The van der Waals surface area contributed by atoms with Gasteiger partial charge in [0.15, 0.2) is 5.82 Å². The van der Waals surface area contributed by atoms with Gasteiger partial charge in [-0.3, -0.25) is 0 Å². The Morgan fingerprint density at radius 2 is 2.15 bits per heavy atom. The van der Waals surface area contributed by atoms with E-state index in [4.69, 9.17) is 10.3 Å². The lowest BCUT2D eigenvalue weighted by Gasteiger charge is -2.33. The number of benzene rings is 1. The summed E-state index contributed by atoms with van der Waals surface area (Å²) in [4.78, 5) is 4.53. The van der Waals surface area contributed by atoms with Crippen molar-refractivity contribution in [2.45, 2.75) is 44.6 Å². The third kappa shape index (κ3) is 2.75. The zero-order chi connectivity index (χ0) is 14.0. The van der Waals surface area contributed by atoms with Gasteiger partial charge in [-0.1, -0.05) is 55.3 Å². The summed E-state index contributed by atoms with van der Waals surface area (Å²) in [5.74, 6) is 1.95. The molecule has 2 aromatic rings. The van der Waals surface area contributed by atoms with Gasteiger partial charge in [-0.2, -0.15) is 4.98 Å². The van der Waals surface area contributed by atoms with Crippen molar-refractivity contribution in [3.05, 3.63) is 47.6 Å². The Bertz CT molecular complexity index is 566. The van der Waals surface area contributed by atoms with Crippen molar-refractivity contribution in [2.24, 2.45) is 11.7 Å². The first kappa shape index (κ1) is 13.3. The molecule has 1 aliphatic rings. The van der Waals surface area contributed by atoms with E-state index in [0.29, 0.717) is 24.1 Å². The Hall–Kier alpha value is -1.68. The third-order valence-corrected chi connectivity index (χ3v) is 4.13. The van der Waals surface area contributed by atoms with E-state index in [1.54, 1.807) is 0 Å². The van der Waals surface area contributed by atoms with Gasteiger partial charge in [0.1, 0.15) is 0 Å². The van der Waals surface area contributed by atoms with Gasteiger partial charge < -0.3 is 10.3 Å². The van der Waals surface area contributed by atoms with Crippen LogP contribution < -0.4 is 5.73 Å². The minimum absolute atomic E-state index is 0.431. The summed E-state index contributed by atoms with van der Waals surface area (Å²) >= 11 is 0. The molecular formula is C16H21N3O. The highest BCUT2D eigenvalue weighted by Gasteiger charge is 2.37. The Morgan fingerprint density at radius 3 is 2.90 bits per heavy atom. The molecule has 106 valence electrons. The van der Waals surface area contributed by atoms with Crippen molar-refractivity contribution < 1.29 is 4.52 Å². The number of hydrogen-bond donors (Lipinski definition) is 1. The predicted octanol–water partition coefficient (Wildman–Crippen LogP) is 3.02. The van der Waals surface area contributed by atoms with E-state index in [1.165, 1.54) is 12.0 Å². The molecule has 1 aliphatic carbocycles. The van der Waals surface area contributed by atoms with E-state index in [2.05, 4.69) is 29.2 Å². The second-order valence-electron chi connectivity index (χ2n) is 6.04. The van der Waals surface area contributed by atoms with Crippen molar-refractivity contribution in [1.29, 1.82) is 0 Å². The first-order valence-corrected chi connectivity index (χ1v) is 7.31. The van der Waals surface area contributed by atoms with Crippen LogP contribution in [-0.4, -0.2) is 10.1 Å². The highest BCUT2D eigenvalue weighted by Crippen LogP contribution is 2.36. The molecule has 0 saturated heterocycles. The number of nitrogens with zero attached hydrogens (tertiary/aromatic N) is 2. The second-order valence-corrected chi connectivity index (χ2v) is 6.04. The maximum atomic E-state index is 6.48. The summed E-state index contributed by atoms with van der Waals surface area (Å²) in [6.45, 7) is 2.24. The second kappa shape index (κ2) is 5.37. The average Bonchev–Trinajstić information content (AvgIpc) is 2.89. The number of hydrogen-bond acceptors (Lipinski definition) is 4. The molecule has 0 spiro atoms. The molecule has 1 aromatic carbocycles. The maximum Gasteiger partial charge on any atom is 0.246 e. The first-order chi connectivity index (χ1) is 9.66. The van der Waals surface area contributed by atoms with Gasteiger partial charge in [0.25, 0.3) is 0 Å². The van der Waals surface area contributed by atoms with Crippen molar-refractivity contribution in [3.63, 3.8) is 0 Å². The fourth-order valence-electron chi connectivity index (χ4n) is 3.09. The molecule has 1 fully saturated rings. The fourth-order valence-corrected chi connectivity index (χ4v) is 3.09. The number of nitrogens with two attached hydrogens (primary N) is 1. The van der Waals surface area contributed by atoms with Gasteiger partial charge in [-0.05, 0) is 24.3 Å². The zero-order valence-electron chi connectivity index (χ0n) is 11.9. The smallest absolute Gasteiger partial charge is 0.246 e. The number of rotatable bonds is 3. The zero-order valence-corrected chi connectivity index (χ0v) is 11.9. The highest BCUT2D eigenvalue weighted by atomic mass is 16.5. The molecule has 2 N–H and O–H groups in total. The van der Waals surface area contributed by atoms with Crippen molar-refractivity contribution in [2.75, 3.05) is 0 Å². The SMILES string of the molecule is CC1CCCC(N)(c2nc(Cc3ccccc3)no2)C1. The first-order valence-electron chi connectivity index (χ1n) is 7.31. The van der Waals surface area contributed by atoms with Crippen LogP contribution in [0.15, 0.2) is 34.9 Å². The lowest BCUT2D eigenvalue weighted by molar-refractivity contribution is 0.183. The largest absolute Gasteiger partial charge is 0.337 e. The molecule has 0 radical (unpaired) electrons. The summed E-state index contributed by atoms with van der Waals surface area (Å²) in [6, 6.07) is 10.2. The summed E-state index contributed by atoms with van der Waals surface area (Å²) < 4.78 is 5.44. The van der Waals surface area contributed by atoms with E-state index < -0.39 is 5.54 Å². The fraction of sp³-hybridized carbons (Fsp3) is 0.500. The Balaban J connectivity index is 1.76. The standard InChI is InChI=1S/C16H21N3O/c1-12-6-5-9-16(17,11-12)15-18-14(19-20-15)10-13-7-3-2-4-8-13/h2-4,7-8,12H,5-6,9-11,17H2,1H3. The highest BCUT2D eigenvalue weighted by molar-refractivity contribution is 5.19. The Labute approximate surface area is 119 Å². The maximum absolute atomic E-state index is 6.48. The minimum Gasteiger partial charge on any atom is -0.337 e. The molecule has 0 bridgehead atoms. The van der Waals surface area contributed by atoms with Crippen LogP contribution in [0.5, 0.6) is 0 Å². The van der Waals surface area contributed by atoms with Gasteiger partial charge in [0.2, 0.25) is 5.89 Å². The van der Waals surface area contributed by atoms with Gasteiger partial charge in [0.05, 0.1) is 5.54 Å². The Morgan fingerprint density at radius 1 is 1.35 bits per heavy atom. The molecule has 2 atom stereocenters. The third-order valence-electron chi connectivity index (χ3n) is 4.13. The molecule has 20 heavy (non-hydrogen) atoms. The molecule has 1 aromatic heterocycles. The molecule has 4 nitrogen and oxygen atoms in total. The molecular weight excluding hydrogens is 250 g/mol. The molecule has 4 heteroatoms. The summed E-state index contributed by atoms with van der Waals surface area (Å²) in [5.41, 5.74) is 7.23. The van der Waals surface area contributed by atoms with Crippen LogP contribution >= 0.6 is 0 Å². The van der Waals surface area contributed by atoms with E-state index in [-0.39, 0.29) is 0 Å². The summed E-state index contributed by atoms with van der Waals surface area (Å²) in [6.07, 6.45) is 4.93. The van der Waals surface area contributed by atoms with Gasteiger partial charge in [0, 0.05) is 6.42 Å². The van der Waals surface area contributed by atoms with Crippen LogP contribution in [-0.2, 0) is 12.0 Å². The van der Waals surface area contributed by atoms with Crippen molar-refractivity contribution >= 4 is 0 Å². The van der Waals surface area contributed by atoms with Gasteiger partial charge >= 0.3 is 0 Å². The van der Waals surface area contributed by atoms with E-state index in [0.717, 1.165) is 19.3 Å². The molecule has 0 aliphatic heterocycles. The van der Waals surface area contributed by atoms with E-state index in [9.17, 15) is 0 Å².